The van der Waals surface area contributed by atoms with Crippen LogP contribution in [0.15, 0.2) is 42.7 Å². The Bertz CT molecular complexity index is 738. The number of anilines is 1. The fourth-order valence-electron chi connectivity index (χ4n) is 3.80. The highest BCUT2D eigenvalue weighted by Crippen LogP contribution is 2.38. The van der Waals surface area contributed by atoms with Crippen LogP contribution in [-0.2, 0) is 5.41 Å². The van der Waals surface area contributed by atoms with Crippen molar-refractivity contribution in [3.8, 4) is 6.07 Å². The first-order chi connectivity index (χ1) is 11.8. The fraction of sp³-hybridized carbons (Fsp3) is 0.450. The van der Waals surface area contributed by atoms with Crippen LogP contribution >= 0.6 is 0 Å². The Labute approximate surface area is 143 Å². The van der Waals surface area contributed by atoms with Gasteiger partial charge in [0.15, 0.2) is 0 Å². The van der Waals surface area contributed by atoms with Gasteiger partial charge in [-0.25, -0.2) is 9.97 Å². The molecule has 1 saturated heterocycles. The first-order valence-corrected chi connectivity index (χ1v) is 8.84. The maximum Gasteiger partial charge on any atom is 0.132 e. The second kappa shape index (κ2) is 6.24. The van der Waals surface area contributed by atoms with Gasteiger partial charge in [0.2, 0.25) is 0 Å². The summed E-state index contributed by atoms with van der Waals surface area (Å²) in [6.07, 6.45) is 7.21. The van der Waals surface area contributed by atoms with E-state index in [-0.39, 0.29) is 5.41 Å². The van der Waals surface area contributed by atoms with Crippen molar-refractivity contribution in [2.45, 2.75) is 43.4 Å². The number of nitriles is 1. The normalized spacial score (nSPS) is 20.2. The van der Waals surface area contributed by atoms with Gasteiger partial charge < -0.3 is 4.90 Å². The van der Waals surface area contributed by atoms with Crippen LogP contribution in [0.25, 0.3) is 0 Å². The molecular formula is C20H22N4. The lowest BCUT2D eigenvalue weighted by atomic mass is 9.74. The van der Waals surface area contributed by atoms with E-state index in [2.05, 4.69) is 39.1 Å². The van der Waals surface area contributed by atoms with Crippen molar-refractivity contribution in [2.75, 3.05) is 18.0 Å². The highest BCUT2D eigenvalue weighted by atomic mass is 15.2. The molecule has 1 saturated carbocycles. The van der Waals surface area contributed by atoms with Gasteiger partial charge in [-0.05, 0) is 31.2 Å². The Hall–Kier alpha value is -2.41. The minimum Gasteiger partial charge on any atom is -0.356 e. The molecule has 24 heavy (non-hydrogen) atoms. The van der Waals surface area contributed by atoms with Crippen LogP contribution in [0.2, 0.25) is 0 Å². The summed E-state index contributed by atoms with van der Waals surface area (Å²) in [5.74, 6) is 1.64. The summed E-state index contributed by atoms with van der Waals surface area (Å²) < 4.78 is 0. The summed E-state index contributed by atoms with van der Waals surface area (Å²) >= 11 is 0. The molecular weight excluding hydrogens is 296 g/mol. The van der Waals surface area contributed by atoms with Crippen molar-refractivity contribution in [2.24, 2.45) is 0 Å². The average molecular weight is 318 g/mol. The molecule has 4 rings (SSSR count). The van der Waals surface area contributed by atoms with Crippen LogP contribution in [0.4, 0.5) is 5.82 Å². The number of benzene rings is 1. The average Bonchev–Trinajstić information content (AvgIpc) is 2.61. The van der Waals surface area contributed by atoms with E-state index in [4.69, 9.17) is 0 Å². The summed E-state index contributed by atoms with van der Waals surface area (Å²) in [6.45, 7) is 1.73. The lowest BCUT2D eigenvalue weighted by Gasteiger charge is -2.38. The number of aromatic nitrogens is 2. The highest BCUT2D eigenvalue weighted by molar-refractivity contribution is 5.43. The first kappa shape index (κ1) is 15.1. The molecule has 0 unspecified atom stereocenters. The molecule has 2 aliphatic rings. The molecule has 4 nitrogen and oxygen atoms in total. The van der Waals surface area contributed by atoms with Crippen LogP contribution < -0.4 is 4.90 Å². The molecule has 2 heterocycles. The largest absolute Gasteiger partial charge is 0.356 e. The number of hydrogen-bond donors (Lipinski definition) is 0. The molecule has 2 fully saturated rings. The van der Waals surface area contributed by atoms with E-state index in [1.165, 1.54) is 25.0 Å². The van der Waals surface area contributed by atoms with Crippen LogP contribution in [0.3, 0.4) is 0 Å². The lowest BCUT2D eigenvalue weighted by Crippen LogP contribution is -2.42. The minimum atomic E-state index is -0.360. The molecule has 1 aromatic heterocycles. The summed E-state index contributed by atoms with van der Waals surface area (Å²) in [5.41, 5.74) is 1.97. The van der Waals surface area contributed by atoms with Crippen molar-refractivity contribution < 1.29 is 0 Å². The van der Waals surface area contributed by atoms with E-state index in [1.54, 1.807) is 6.33 Å². The smallest absolute Gasteiger partial charge is 0.132 e. The van der Waals surface area contributed by atoms with Gasteiger partial charge in [-0.1, -0.05) is 36.8 Å². The summed E-state index contributed by atoms with van der Waals surface area (Å²) in [5, 5.41) is 9.81. The SMILES string of the molecule is N#CC1(c2ccccc2)CCN(c2cc(C3CCC3)ncn2)CC1. The van der Waals surface area contributed by atoms with E-state index in [0.717, 1.165) is 37.3 Å². The molecule has 1 aromatic carbocycles. The third kappa shape index (κ3) is 2.65. The van der Waals surface area contributed by atoms with Gasteiger partial charge in [0.05, 0.1) is 11.5 Å². The van der Waals surface area contributed by atoms with Crippen LogP contribution in [0.1, 0.15) is 49.3 Å². The molecule has 0 radical (unpaired) electrons. The third-order valence-corrected chi connectivity index (χ3v) is 5.68. The molecule has 122 valence electrons. The zero-order valence-electron chi connectivity index (χ0n) is 13.9. The predicted molar refractivity (Wildman–Crippen MR) is 93.8 cm³/mol. The molecule has 2 aromatic rings. The summed E-state index contributed by atoms with van der Waals surface area (Å²) in [4.78, 5) is 11.2. The van der Waals surface area contributed by atoms with Gasteiger partial charge >= 0.3 is 0 Å². The van der Waals surface area contributed by atoms with Crippen molar-refractivity contribution in [1.82, 2.24) is 9.97 Å². The van der Waals surface area contributed by atoms with Gasteiger partial charge in [-0.15, -0.1) is 0 Å². The maximum atomic E-state index is 9.81. The molecule has 0 bridgehead atoms. The van der Waals surface area contributed by atoms with E-state index >= 15 is 0 Å². The highest BCUT2D eigenvalue weighted by Gasteiger charge is 2.36. The monoisotopic (exact) mass is 318 g/mol. The fourth-order valence-corrected chi connectivity index (χ4v) is 3.80. The predicted octanol–water partition coefficient (Wildman–Crippen LogP) is 3.81. The van der Waals surface area contributed by atoms with Crippen molar-refractivity contribution >= 4 is 5.82 Å². The molecule has 0 atom stereocenters. The van der Waals surface area contributed by atoms with Gasteiger partial charge in [0.25, 0.3) is 0 Å². The topological polar surface area (TPSA) is 52.8 Å². The van der Waals surface area contributed by atoms with Crippen molar-refractivity contribution in [3.63, 3.8) is 0 Å². The first-order valence-electron chi connectivity index (χ1n) is 8.84. The Morgan fingerprint density at radius 2 is 1.83 bits per heavy atom. The Morgan fingerprint density at radius 1 is 1.08 bits per heavy atom. The van der Waals surface area contributed by atoms with Gasteiger partial charge in [0, 0.05) is 30.8 Å². The molecule has 1 aliphatic carbocycles. The van der Waals surface area contributed by atoms with Gasteiger partial charge in [0.1, 0.15) is 12.1 Å². The number of hydrogen-bond acceptors (Lipinski definition) is 4. The molecule has 0 N–H and O–H groups in total. The quantitative estimate of drug-likeness (QED) is 0.863. The van der Waals surface area contributed by atoms with Crippen molar-refractivity contribution in [3.05, 3.63) is 54.0 Å². The van der Waals surface area contributed by atoms with Crippen LogP contribution in [-0.4, -0.2) is 23.1 Å². The molecule has 0 amide bonds. The zero-order chi connectivity index (χ0) is 16.4. The minimum absolute atomic E-state index is 0.360. The lowest BCUT2D eigenvalue weighted by molar-refractivity contribution is 0.406. The second-order valence-corrected chi connectivity index (χ2v) is 6.98. The van der Waals surface area contributed by atoms with Gasteiger partial charge in [-0.2, -0.15) is 5.26 Å². The van der Waals surface area contributed by atoms with Gasteiger partial charge in [-0.3, -0.25) is 0 Å². The molecule has 4 heteroatoms. The van der Waals surface area contributed by atoms with E-state index in [9.17, 15) is 5.26 Å². The van der Waals surface area contributed by atoms with Crippen LogP contribution in [0.5, 0.6) is 0 Å². The van der Waals surface area contributed by atoms with E-state index < -0.39 is 0 Å². The standard InChI is InChI=1S/C20H22N4/c21-14-20(17-7-2-1-3-8-17)9-11-24(12-10-20)19-13-18(22-15-23-19)16-5-4-6-16/h1-3,7-8,13,15-16H,4-6,9-12H2. The molecule has 0 spiro atoms. The number of piperidine rings is 1. The maximum absolute atomic E-state index is 9.81. The van der Waals surface area contributed by atoms with E-state index in [0.29, 0.717) is 5.92 Å². The summed E-state index contributed by atoms with van der Waals surface area (Å²) in [6, 6.07) is 15.0. The van der Waals surface area contributed by atoms with E-state index in [1.807, 2.05) is 18.2 Å². The number of nitrogens with zero attached hydrogens (tertiary/aromatic N) is 4. The number of rotatable bonds is 3. The molecule has 1 aliphatic heterocycles. The Morgan fingerprint density at radius 3 is 2.46 bits per heavy atom. The summed E-state index contributed by atoms with van der Waals surface area (Å²) in [7, 11) is 0. The third-order valence-electron chi connectivity index (χ3n) is 5.68. The van der Waals surface area contributed by atoms with Crippen molar-refractivity contribution in [1.29, 1.82) is 5.26 Å². The van der Waals surface area contributed by atoms with Crippen LogP contribution in [0, 0.1) is 11.3 Å². The second-order valence-electron chi connectivity index (χ2n) is 6.98. The zero-order valence-corrected chi connectivity index (χ0v) is 13.9. The Kier molecular flexibility index (Phi) is 3.93. The Balaban J connectivity index is 1.51.